The summed E-state index contributed by atoms with van der Waals surface area (Å²) in [5.41, 5.74) is 0. The van der Waals surface area contributed by atoms with Gasteiger partial charge in [0.15, 0.2) is 12.4 Å². The molecule has 8 atom stereocenters. The van der Waals surface area contributed by atoms with Gasteiger partial charge in [-0.1, -0.05) is 213 Å². The average Bonchev–Trinajstić information content (AvgIpc) is 3.40. The van der Waals surface area contributed by atoms with Crippen molar-refractivity contribution in [2.75, 3.05) is 13.2 Å². The summed E-state index contributed by atoms with van der Waals surface area (Å²) in [6.07, 6.45) is 58.2. The van der Waals surface area contributed by atoms with Gasteiger partial charge in [-0.3, -0.25) is 9.59 Å². The molecule has 420 valence electrons. The number of rotatable bonds is 46. The zero-order chi connectivity index (χ0) is 54.0. The highest BCUT2D eigenvalue weighted by molar-refractivity contribution is 5.80. The number of hydrogen-bond donors (Lipinski definition) is 6. The first-order chi connectivity index (χ1) is 36.2. The number of hydrogen-bond acceptors (Lipinski definition) is 10. The molecule has 0 aliphatic carbocycles. The molecule has 0 spiro atoms. The molecule has 1 aliphatic rings. The quantitative estimate of drug-likeness (QED) is 0.0196. The lowest BCUT2D eigenvalue weighted by molar-refractivity contribution is -0.305. The highest BCUT2D eigenvalue weighted by Crippen LogP contribution is 2.26. The fourth-order valence-electron chi connectivity index (χ4n) is 8.03. The van der Waals surface area contributed by atoms with E-state index in [1.807, 2.05) is 30.4 Å². The number of unbranched alkanes of at least 4 members (excludes halogenated alkanes) is 14. The zero-order valence-corrected chi connectivity index (χ0v) is 46.2. The standard InChI is InChI=1S/C63H103NO10/c1-4-7-10-13-16-19-22-25-27-29-31-33-36-39-42-45-48-51-58(68)74-61-60(70)59(69)57(52-65)73-63(61)72-53-54(55(66)49-46-43-40-37-34-24-21-18-15-12-9-6-3)64-62(71)56(67)50-47-44-41-38-35-32-30-28-26-23-20-17-14-11-8-5-2/h7,10,16-17,19-20,25-28,31-33,35,39,41-42,44,46,49,54-57,59-61,63,65-67,69-70H,4-6,8-9,11-15,18,21-24,29-30,34,36-38,40,43,45,47-48,50-53H2,1-3H3,(H,64,71)/b10-7-,19-16-,20-17-,27-25-,28-26-,33-31-,35-32-,42-39-,44-41-,49-46+. The summed E-state index contributed by atoms with van der Waals surface area (Å²) < 4.78 is 17.5. The third-order valence-corrected chi connectivity index (χ3v) is 12.6. The van der Waals surface area contributed by atoms with E-state index >= 15 is 0 Å². The van der Waals surface area contributed by atoms with Gasteiger partial charge in [-0.15, -0.1) is 0 Å². The summed E-state index contributed by atoms with van der Waals surface area (Å²) >= 11 is 0. The van der Waals surface area contributed by atoms with E-state index in [0.717, 1.165) is 83.5 Å². The van der Waals surface area contributed by atoms with E-state index in [1.165, 1.54) is 64.2 Å². The van der Waals surface area contributed by atoms with Crippen LogP contribution in [0.5, 0.6) is 0 Å². The summed E-state index contributed by atoms with van der Waals surface area (Å²) in [5, 5.41) is 56.7. The number of ether oxygens (including phenoxy) is 3. The second-order valence-corrected chi connectivity index (χ2v) is 19.3. The summed E-state index contributed by atoms with van der Waals surface area (Å²) in [7, 11) is 0. The number of aliphatic hydroxyl groups excluding tert-OH is 5. The Balaban J connectivity index is 2.82. The van der Waals surface area contributed by atoms with Crippen LogP contribution in [0.15, 0.2) is 122 Å². The lowest BCUT2D eigenvalue weighted by Gasteiger charge is -2.41. The molecular weight excluding hydrogens is 931 g/mol. The molecule has 0 aromatic heterocycles. The topological polar surface area (TPSA) is 175 Å². The maximum Gasteiger partial charge on any atom is 0.306 e. The van der Waals surface area contributed by atoms with Crippen LogP contribution in [-0.2, 0) is 23.8 Å². The maximum atomic E-state index is 13.4. The molecule has 0 radical (unpaired) electrons. The first kappa shape index (κ1) is 68.1. The molecule has 74 heavy (non-hydrogen) atoms. The molecule has 0 bridgehead atoms. The molecule has 0 aromatic carbocycles. The number of carbonyl (C=O) groups excluding carboxylic acids is 2. The van der Waals surface area contributed by atoms with Crippen molar-refractivity contribution in [1.29, 1.82) is 0 Å². The predicted molar refractivity (Wildman–Crippen MR) is 305 cm³/mol. The molecule has 11 nitrogen and oxygen atoms in total. The molecule has 6 N–H and O–H groups in total. The van der Waals surface area contributed by atoms with Gasteiger partial charge in [-0.2, -0.15) is 0 Å². The smallest absolute Gasteiger partial charge is 0.306 e. The second kappa shape index (κ2) is 49.9. The molecule has 11 heteroatoms. The predicted octanol–water partition coefficient (Wildman–Crippen LogP) is 13.1. The van der Waals surface area contributed by atoms with Gasteiger partial charge in [-0.05, 0) is 103 Å². The monoisotopic (exact) mass is 1030 g/mol. The number of nitrogens with one attached hydrogen (secondary N) is 1. The van der Waals surface area contributed by atoms with Crippen molar-refractivity contribution >= 4 is 11.9 Å². The van der Waals surface area contributed by atoms with E-state index in [4.69, 9.17) is 14.2 Å². The van der Waals surface area contributed by atoms with E-state index in [9.17, 15) is 35.1 Å². The van der Waals surface area contributed by atoms with E-state index < -0.39 is 67.4 Å². The van der Waals surface area contributed by atoms with Crippen molar-refractivity contribution in [2.24, 2.45) is 0 Å². The number of carbonyl (C=O) groups is 2. The number of allylic oxidation sites excluding steroid dienone is 19. The lowest BCUT2D eigenvalue weighted by Crippen LogP contribution is -2.61. The van der Waals surface area contributed by atoms with Gasteiger partial charge in [0.05, 0.1) is 25.4 Å². The van der Waals surface area contributed by atoms with E-state index in [1.54, 1.807) is 6.08 Å². The minimum Gasteiger partial charge on any atom is -0.454 e. The number of amides is 1. The van der Waals surface area contributed by atoms with Crippen LogP contribution in [-0.4, -0.2) is 99.6 Å². The molecule has 8 unspecified atom stereocenters. The zero-order valence-electron chi connectivity index (χ0n) is 46.2. The highest BCUT2D eigenvalue weighted by Gasteiger charge is 2.47. The van der Waals surface area contributed by atoms with Crippen LogP contribution in [0.2, 0.25) is 0 Å². The fourth-order valence-corrected chi connectivity index (χ4v) is 8.03. The van der Waals surface area contributed by atoms with Crippen LogP contribution in [0.25, 0.3) is 0 Å². The van der Waals surface area contributed by atoms with E-state index in [2.05, 4.69) is 111 Å². The third-order valence-electron chi connectivity index (χ3n) is 12.6. The van der Waals surface area contributed by atoms with Crippen molar-refractivity contribution < 1.29 is 49.3 Å². The molecule has 1 amide bonds. The maximum absolute atomic E-state index is 13.4. The Labute approximate surface area is 449 Å². The summed E-state index contributed by atoms with van der Waals surface area (Å²) in [4.78, 5) is 26.4. The van der Waals surface area contributed by atoms with Gasteiger partial charge in [-0.25, -0.2) is 0 Å². The molecule has 0 saturated carbocycles. The van der Waals surface area contributed by atoms with Gasteiger partial charge in [0, 0.05) is 6.42 Å². The first-order valence-electron chi connectivity index (χ1n) is 28.8. The Bertz CT molecular complexity index is 1660. The van der Waals surface area contributed by atoms with E-state index in [-0.39, 0.29) is 19.4 Å². The molecule has 1 rings (SSSR count). The molecule has 1 aliphatic heterocycles. The van der Waals surface area contributed by atoms with Crippen molar-refractivity contribution in [3.63, 3.8) is 0 Å². The molecule has 1 saturated heterocycles. The van der Waals surface area contributed by atoms with Crippen LogP contribution >= 0.6 is 0 Å². The van der Waals surface area contributed by atoms with Crippen LogP contribution in [0.3, 0.4) is 0 Å². The van der Waals surface area contributed by atoms with Gasteiger partial charge in [0.25, 0.3) is 0 Å². The molecule has 1 fully saturated rings. The van der Waals surface area contributed by atoms with Gasteiger partial charge in [0.1, 0.15) is 24.4 Å². The van der Waals surface area contributed by atoms with Crippen molar-refractivity contribution in [1.82, 2.24) is 5.32 Å². The van der Waals surface area contributed by atoms with Crippen LogP contribution < -0.4 is 5.32 Å². The minimum absolute atomic E-state index is 0.0317. The number of aliphatic hydroxyl groups is 5. The fraction of sp³-hybridized carbons (Fsp3) is 0.651. The SMILES string of the molecule is CC/C=C\C/C=C\C/C=C\C/C=C\C/C=C\CCCC(=O)OC1C(OCC(NC(=O)C(O)CC/C=C\C/C=C\C/C=C\C/C=C\CCCCC)C(O)/C=C/CCCCCCCCCCCC)OC(CO)C(O)C1O. The summed E-state index contributed by atoms with van der Waals surface area (Å²) in [5.74, 6) is -1.33. The van der Waals surface area contributed by atoms with Crippen molar-refractivity contribution in [2.45, 2.75) is 250 Å². The van der Waals surface area contributed by atoms with Crippen LogP contribution in [0.4, 0.5) is 0 Å². The molecule has 1 heterocycles. The molecule has 0 aromatic rings. The Morgan fingerprint density at radius 3 is 1.49 bits per heavy atom. The summed E-state index contributed by atoms with van der Waals surface area (Å²) in [6, 6.07) is -1.07. The van der Waals surface area contributed by atoms with Crippen LogP contribution in [0, 0.1) is 0 Å². The lowest BCUT2D eigenvalue weighted by atomic mass is 9.99. The van der Waals surface area contributed by atoms with E-state index in [0.29, 0.717) is 19.3 Å². The largest absolute Gasteiger partial charge is 0.454 e. The molecular formula is C63H103NO10. The third kappa shape index (κ3) is 37.7. The average molecular weight is 1030 g/mol. The minimum atomic E-state index is -1.65. The van der Waals surface area contributed by atoms with Crippen molar-refractivity contribution in [3.8, 4) is 0 Å². The van der Waals surface area contributed by atoms with Crippen LogP contribution in [0.1, 0.15) is 201 Å². The highest BCUT2D eigenvalue weighted by atomic mass is 16.7. The van der Waals surface area contributed by atoms with Crippen molar-refractivity contribution in [3.05, 3.63) is 122 Å². The van der Waals surface area contributed by atoms with Gasteiger partial charge < -0.3 is 45.1 Å². The summed E-state index contributed by atoms with van der Waals surface area (Å²) in [6.45, 7) is 5.55. The first-order valence-corrected chi connectivity index (χ1v) is 28.8. The Kier molecular flexibility index (Phi) is 45.9. The number of esters is 1. The Morgan fingerprint density at radius 2 is 0.973 bits per heavy atom. The van der Waals surface area contributed by atoms with Gasteiger partial charge >= 0.3 is 5.97 Å². The van der Waals surface area contributed by atoms with Gasteiger partial charge in [0.2, 0.25) is 5.91 Å². The Hall–Kier alpha value is -3.94. The Morgan fingerprint density at radius 1 is 0.541 bits per heavy atom. The normalized spacial score (nSPS) is 20.2. The second-order valence-electron chi connectivity index (χ2n) is 19.3.